The number of imidazole rings is 1. The first-order valence-corrected chi connectivity index (χ1v) is 11.3. The van der Waals surface area contributed by atoms with E-state index in [2.05, 4.69) is 4.98 Å². The predicted molar refractivity (Wildman–Crippen MR) is 132 cm³/mol. The normalized spacial score (nSPS) is 18.1. The summed E-state index contributed by atoms with van der Waals surface area (Å²) in [5, 5.41) is 9.26. The minimum absolute atomic E-state index is 0.255. The van der Waals surface area contributed by atoms with Gasteiger partial charge >= 0.3 is 0 Å². The average molecular weight is 502 g/mol. The van der Waals surface area contributed by atoms with Gasteiger partial charge in [-0.2, -0.15) is 5.10 Å². The van der Waals surface area contributed by atoms with Gasteiger partial charge in [0.05, 0.1) is 22.7 Å². The number of halogens is 4. The Morgan fingerprint density at radius 1 is 0.750 bits per heavy atom. The monoisotopic (exact) mass is 500 g/mol. The molecule has 5 rings (SSSR count). The van der Waals surface area contributed by atoms with Crippen LogP contribution in [0.3, 0.4) is 0 Å². The van der Waals surface area contributed by atoms with Crippen molar-refractivity contribution in [3.8, 4) is 0 Å². The quantitative estimate of drug-likeness (QED) is 0.287. The number of aromatic nitrogens is 2. The molecule has 4 nitrogen and oxygen atoms in total. The Labute approximate surface area is 205 Å². The molecule has 0 unspecified atom stereocenters. The number of hydrogen-bond acceptors (Lipinski definition) is 3. The molecule has 8 heteroatoms. The molecule has 1 aliphatic rings. The molecule has 1 aliphatic heterocycles. The van der Waals surface area contributed by atoms with Gasteiger partial charge in [-0.15, -0.1) is 0 Å². The molecule has 2 heterocycles. The lowest BCUT2D eigenvalue weighted by Gasteiger charge is -2.30. The van der Waals surface area contributed by atoms with Gasteiger partial charge in [0.15, 0.2) is 0 Å². The van der Waals surface area contributed by atoms with Crippen LogP contribution in [0.2, 0.25) is 20.1 Å². The molecule has 160 valence electrons. The van der Waals surface area contributed by atoms with Crippen LogP contribution in [0, 0.1) is 0 Å². The summed E-state index contributed by atoms with van der Waals surface area (Å²) in [6, 6.07) is 20.4. The smallest absolute Gasteiger partial charge is 0.106 e. The van der Waals surface area contributed by atoms with Crippen molar-refractivity contribution in [3.63, 3.8) is 0 Å². The first-order chi connectivity index (χ1) is 15.5. The van der Waals surface area contributed by atoms with E-state index in [4.69, 9.17) is 51.5 Å². The third-order valence-corrected chi connectivity index (χ3v) is 6.52. The van der Waals surface area contributed by atoms with Crippen LogP contribution in [0.4, 0.5) is 5.69 Å². The van der Waals surface area contributed by atoms with E-state index in [0.717, 1.165) is 22.5 Å². The number of hydrogen-bond donors (Lipinski definition) is 0. The van der Waals surface area contributed by atoms with Crippen LogP contribution in [-0.2, 0) is 0 Å². The predicted octanol–water partition coefficient (Wildman–Crippen LogP) is 7.70. The molecular weight excluding hydrogens is 486 g/mol. The van der Waals surface area contributed by atoms with Crippen LogP contribution < -0.4 is 5.01 Å². The highest BCUT2D eigenvalue weighted by molar-refractivity contribution is 6.37. The Balaban J connectivity index is 1.75. The Kier molecular flexibility index (Phi) is 5.87. The van der Waals surface area contributed by atoms with Crippen molar-refractivity contribution in [2.75, 3.05) is 5.01 Å². The van der Waals surface area contributed by atoms with Gasteiger partial charge in [0.2, 0.25) is 0 Å². The van der Waals surface area contributed by atoms with Gasteiger partial charge in [0, 0.05) is 33.0 Å². The van der Waals surface area contributed by atoms with Crippen molar-refractivity contribution >= 4 is 57.8 Å². The van der Waals surface area contributed by atoms with Crippen molar-refractivity contribution < 1.29 is 0 Å². The lowest BCUT2D eigenvalue weighted by atomic mass is 9.92. The maximum absolute atomic E-state index is 6.70. The van der Waals surface area contributed by atoms with Crippen LogP contribution >= 0.6 is 46.4 Å². The molecule has 0 fully saturated rings. The van der Waals surface area contributed by atoms with Gasteiger partial charge in [-0.05, 0) is 42.0 Å². The fraction of sp³-hybridized carbons (Fsp3) is 0.0833. The Bertz CT molecular complexity index is 1290. The molecule has 32 heavy (non-hydrogen) atoms. The van der Waals surface area contributed by atoms with Gasteiger partial charge in [-0.1, -0.05) is 76.7 Å². The molecule has 3 aromatic carbocycles. The van der Waals surface area contributed by atoms with Crippen LogP contribution in [0.5, 0.6) is 0 Å². The largest absolute Gasteiger partial charge is 0.326 e. The first-order valence-electron chi connectivity index (χ1n) is 9.83. The lowest BCUT2D eigenvalue weighted by molar-refractivity contribution is 0.527. The first kappa shape index (κ1) is 21.4. The van der Waals surface area contributed by atoms with E-state index in [0.29, 0.717) is 20.1 Å². The summed E-state index contributed by atoms with van der Waals surface area (Å²) in [4.78, 5) is 4.28. The Morgan fingerprint density at radius 3 is 2.12 bits per heavy atom. The molecule has 0 radical (unpaired) electrons. The second kappa shape index (κ2) is 8.80. The molecule has 0 saturated heterocycles. The van der Waals surface area contributed by atoms with E-state index >= 15 is 0 Å². The molecule has 0 spiro atoms. The molecule has 2 atom stereocenters. The van der Waals surface area contributed by atoms with Crippen molar-refractivity contribution in [2.45, 2.75) is 12.1 Å². The SMILES string of the molecule is Clc1ccc(C2=NN(c3ccccc3)[C@H](c3ccc(Cl)cc3Cl)[C@H]2n2ccnc2)c(Cl)c1. The average Bonchev–Trinajstić information content (AvgIpc) is 3.42. The summed E-state index contributed by atoms with van der Waals surface area (Å²) in [6.07, 6.45) is 5.43. The third kappa shape index (κ3) is 3.89. The van der Waals surface area contributed by atoms with Crippen molar-refractivity contribution in [2.24, 2.45) is 5.10 Å². The number of hydrazone groups is 1. The van der Waals surface area contributed by atoms with Crippen LogP contribution in [0.15, 0.2) is 90.6 Å². The highest BCUT2D eigenvalue weighted by atomic mass is 35.5. The van der Waals surface area contributed by atoms with Gasteiger partial charge < -0.3 is 4.57 Å². The standard InChI is InChI=1S/C24H16Cl4N4/c25-15-6-8-18(20(27)12-15)22-24(31-11-10-29-14-31)23(19-9-7-16(26)13-21(19)28)32(30-22)17-4-2-1-3-5-17/h1-14,23-24H/t23-,24+/m1/s1. The molecule has 1 aromatic heterocycles. The number of para-hydroxylation sites is 1. The molecule has 0 saturated carbocycles. The van der Waals surface area contributed by atoms with Gasteiger partial charge in [0.25, 0.3) is 0 Å². The van der Waals surface area contributed by atoms with Gasteiger partial charge in [0.1, 0.15) is 12.1 Å². The van der Waals surface area contributed by atoms with Crippen LogP contribution in [0.1, 0.15) is 23.2 Å². The maximum atomic E-state index is 6.70. The minimum atomic E-state index is -0.266. The van der Waals surface area contributed by atoms with E-state index in [1.165, 1.54) is 0 Å². The van der Waals surface area contributed by atoms with Gasteiger partial charge in [-0.3, -0.25) is 5.01 Å². The second-order valence-electron chi connectivity index (χ2n) is 7.35. The zero-order chi connectivity index (χ0) is 22.2. The van der Waals surface area contributed by atoms with E-state index in [1.54, 1.807) is 24.7 Å². The minimum Gasteiger partial charge on any atom is -0.326 e. The van der Waals surface area contributed by atoms with Crippen LogP contribution in [-0.4, -0.2) is 15.3 Å². The molecule has 0 N–H and O–H groups in total. The van der Waals surface area contributed by atoms with Gasteiger partial charge in [-0.25, -0.2) is 4.98 Å². The van der Waals surface area contributed by atoms with Crippen molar-refractivity contribution in [1.82, 2.24) is 9.55 Å². The van der Waals surface area contributed by atoms with E-state index in [9.17, 15) is 0 Å². The van der Waals surface area contributed by atoms with Crippen molar-refractivity contribution in [1.29, 1.82) is 0 Å². The van der Waals surface area contributed by atoms with E-state index in [-0.39, 0.29) is 12.1 Å². The third-order valence-electron chi connectivity index (χ3n) is 5.41. The summed E-state index contributed by atoms with van der Waals surface area (Å²) in [7, 11) is 0. The van der Waals surface area contributed by atoms with Crippen molar-refractivity contribution in [3.05, 3.63) is 117 Å². The zero-order valence-corrected chi connectivity index (χ0v) is 19.6. The zero-order valence-electron chi connectivity index (χ0n) is 16.5. The number of nitrogens with zero attached hydrogens (tertiary/aromatic N) is 4. The summed E-state index contributed by atoms with van der Waals surface area (Å²) in [5.74, 6) is 0. The molecule has 0 amide bonds. The molecule has 0 aliphatic carbocycles. The summed E-state index contributed by atoms with van der Waals surface area (Å²) in [5.41, 5.74) is 3.39. The molecule has 4 aromatic rings. The summed E-state index contributed by atoms with van der Waals surface area (Å²) in [6.45, 7) is 0. The summed E-state index contributed by atoms with van der Waals surface area (Å²) < 4.78 is 2.02. The number of rotatable bonds is 4. The topological polar surface area (TPSA) is 33.4 Å². The van der Waals surface area contributed by atoms with E-state index in [1.807, 2.05) is 70.4 Å². The second-order valence-corrected chi connectivity index (χ2v) is 9.04. The number of benzene rings is 3. The fourth-order valence-corrected chi connectivity index (χ4v) is 5.04. The molecule has 0 bridgehead atoms. The van der Waals surface area contributed by atoms with Crippen LogP contribution in [0.25, 0.3) is 0 Å². The lowest BCUT2D eigenvalue weighted by Crippen LogP contribution is -2.28. The number of anilines is 1. The van der Waals surface area contributed by atoms with E-state index < -0.39 is 0 Å². The highest BCUT2D eigenvalue weighted by Gasteiger charge is 2.42. The Morgan fingerprint density at radius 2 is 1.47 bits per heavy atom. The molecular formula is C24H16Cl4N4. The highest BCUT2D eigenvalue weighted by Crippen LogP contribution is 2.46. The summed E-state index contributed by atoms with van der Waals surface area (Å²) >= 11 is 25.7. The maximum Gasteiger partial charge on any atom is 0.106 e. The fourth-order valence-electron chi connectivity index (χ4n) is 4.01. The Hall–Kier alpha value is -2.50.